The molecule has 1 aromatic rings. The SMILES string of the molecule is CCC1CCSC(=NCc2ccsc2)N1. The first-order valence-corrected chi connectivity index (χ1v) is 7.26. The lowest BCUT2D eigenvalue weighted by atomic mass is 10.2. The Labute approximate surface area is 99.2 Å². The van der Waals surface area contributed by atoms with E-state index in [0.717, 1.165) is 11.7 Å². The van der Waals surface area contributed by atoms with E-state index in [1.165, 1.54) is 24.2 Å². The van der Waals surface area contributed by atoms with E-state index in [9.17, 15) is 0 Å². The lowest BCUT2D eigenvalue weighted by Gasteiger charge is -2.24. The van der Waals surface area contributed by atoms with Crippen LogP contribution in [0.5, 0.6) is 0 Å². The Morgan fingerprint density at radius 3 is 3.27 bits per heavy atom. The lowest BCUT2D eigenvalue weighted by Crippen LogP contribution is -2.37. The fourth-order valence-corrected chi connectivity index (χ4v) is 3.19. The van der Waals surface area contributed by atoms with Crippen LogP contribution in [0, 0.1) is 0 Å². The van der Waals surface area contributed by atoms with Gasteiger partial charge < -0.3 is 5.32 Å². The highest BCUT2D eigenvalue weighted by Gasteiger charge is 2.14. The molecular weight excluding hydrogens is 224 g/mol. The second-order valence-electron chi connectivity index (χ2n) is 3.64. The standard InChI is InChI=1S/C11H16N2S2/c1-2-10-4-6-15-11(13-10)12-7-9-3-5-14-8-9/h3,5,8,10H,2,4,6-7H2,1H3,(H,12,13). The second kappa shape index (κ2) is 5.56. The van der Waals surface area contributed by atoms with Gasteiger partial charge in [-0.1, -0.05) is 18.7 Å². The van der Waals surface area contributed by atoms with Crippen LogP contribution in [0.2, 0.25) is 0 Å². The maximum absolute atomic E-state index is 4.60. The Bertz CT molecular complexity index is 319. The predicted octanol–water partition coefficient (Wildman–Crippen LogP) is 3.11. The molecule has 0 radical (unpaired) electrons. The molecule has 82 valence electrons. The van der Waals surface area contributed by atoms with Crippen molar-refractivity contribution in [2.24, 2.45) is 4.99 Å². The molecule has 0 aromatic carbocycles. The normalized spacial score (nSPS) is 24.1. The van der Waals surface area contributed by atoms with Crippen molar-refractivity contribution in [1.82, 2.24) is 5.32 Å². The number of hydrogen-bond donors (Lipinski definition) is 1. The quantitative estimate of drug-likeness (QED) is 0.878. The molecule has 4 heteroatoms. The molecule has 0 aliphatic carbocycles. The summed E-state index contributed by atoms with van der Waals surface area (Å²) in [6.07, 6.45) is 2.46. The van der Waals surface area contributed by atoms with E-state index in [4.69, 9.17) is 0 Å². The van der Waals surface area contributed by atoms with Gasteiger partial charge in [0.2, 0.25) is 0 Å². The van der Waals surface area contributed by atoms with Gasteiger partial charge in [-0.15, -0.1) is 0 Å². The van der Waals surface area contributed by atoms with Crippen LogP contribution in [-0.4, -0.2) is 17.0 Å². The third-order valence-corrected chi connectivity index (χ3v) is 4.20. The van der Waals surface area contributed by atoms with Crippen LogP contribution in [-0.2, 0) is 6.54 Å². The Balaban J connectivity index is 1.89. The molecule has 1 aliphatic rings. The number of nitrogens with zero attached hydrogens (tertiary/aromatic N) is 1. The van der Waals surface area contributed by atoms with Crippen LogP contribution in [0.25, 0.3) is 0 Å². The monoisotopic (exact) mass is 240 g/mol. The minimum atomic E-state index is 0.632. The molecule has 2 rings (SSSR count). The van der Waals surface area contributed by atoms with E-state index in [-0.39, 0.29) is 0 Å². The van der Waals surface area contributed by atoms with E-state index in [0.29, 0.717) is 6.04 Å². The zero-order valence-corrected chi connectivity index (χ0v) is 10.5. The van der Waals surface area contributed by atoms with Crippen molar-refractivity contribution in [3.05, 3.63) is 22.4 Å². The Hall–Kier alpha value is -0.480. The molecular formula is C11H16N2S2. The molecule has 0 spiro atoms. The molecule has 1 fully saturated rings. The molecule has 0 saturated carbocycles. The fraction of sp³-hybridized carbons (Fsp3) is 0.545. The van der Waals surface area contributed by atoms with E-state index in [1.54, 1.807) is 11.3 Å². The van der Waals surface area contributed by atoms with E-state index in [2.05, 4.69) is 34.1 Å². The molecule has 1 saturated heterocycles. The van der Waals surface area contributed by atoms with Gasteiger partial charge in [0, 0.05) is 11.8 Å². The zero-order valence-electron chi connectivity index (χ0n) is 8.90. The Morgan fingerprint density at radius 1 is 1.60 bits per heavy atom. The van der Waals surface area contributed by atoms with Crippen molar-refractivity contribution in [2.75, 3.05) is 5.75 Å². The summed E-state index contributed by atoms with van der Waals surface area (Å²) in [4.78, 5) is 4.60. The molecule has 1 atom stereocenters. The van der Waals surface area contributed by atoms with Crippen LogP contribution in [0.15, 0.2) is 21.8 Å². The van der Waals surface area contributed by atoms with Crippen LogP contribution in [0.3, 0.4) is 0 Å². The van der Waals surface area contributed by atoms with E-state index in [1.807, 2.05) is 11.8 Å². The predicted molar refractivity (Wildman–Crippen MR) is 69.7 cm³/mol. The zero-order chi connectivity index (χ0) is 10.5. The summed E-state index contributed by atoms with van der Waals surface area (Å²) in [5, 5.41) is 8.87. The summed E-state index contributed by atoms with van der Waals surface area (Å²) in [6.45, 7) is 3.04. The average Bonchev–Trinajstić information content (AvgIpc) is 2.79. The number of hydrogen-bond acceptors (Lipinski definition) is 3. The molecule has 1 unspecified atom stereocenters. The first kappa shape index (κ1) is 11.0. The van der Waals surface area contributed by atoms with Gasteiger partial charge in [0.25, 0.3) is 0 Å². The first-order chi connectivity index (χ1) is 7.38. The maximum Gasteiger partial charge on any atom is 0.157 e. The number of amidine groups is 1. The average molecular weight is 240 g/mol. The molecule has 1 aliphatic heterocycles. The minimum absolute atomic E-state index is 0.632. The molecule has 15 heavy (non-hydrogen) atoms. The van der Waals surface area contributed by atoms with Crippen molar-refractivity contribution >= 4 is 28.3 Å². The lowest BCUT2D eigenvalue weighted by molar-refractivity contribution is 0.570. The molecule has 1 aromatic heterocycles. The molecule has 2 nitrogen and oxygen atoms in total. The Morgan fingerprint density at radius 2 is 2.53 bits per heavy atom. The summed E-state index contributed by atoms with van der Waals surface area (Å²) in [7, 11) is 0. The van der Waals surface area contributed by atoms with Gasteiger partial charge in [0.1, 0.15) is 0 Å². The van der Waals surface area contributed by atoms with Crippen LogP contribution < -0.4 is 5.32 Å². The molecule has 1 N–H and O–H groups in total. The minimum Gasteiger partial charge on any atom is -0.362 e. The largest absolute Gasteiger partial charge is 0.362 e. The van der Waals surface area contributed by atoms with Crippen molar-refractivity contribution < 1.29 is 0 Å². The molecule has 0 amide bonds. The highest BCUT2D eigenvalue weighted by molar-refractivity contribution is 8.13. The van der Waals surface area contributed by atoms with Crippen LogP contribution in [0.4, 0.5) is 0 Å². The summed E-state index contributed by atoms with van der Waals surface area (Å²) in [6, 6.07) is 2.77. The van der Waals surface area contributed by atoms with Crippen molar-refractivity contribution in [3.63, 3.8) is 0 Å². The van der Waals surface area contributed by atoms with Crippen molar-refractivity contribution in [3.8, 4) is 0 Å². The van der Waals surface area contributed by atoms with Gasteiger partial charge in [0.05, 0.1) is 6.54 Å². The number of aliphatic imine (C=N–C) groups is 1. The van der Waals surface area contributed by atoms with Crippen molar-refractivity contribution in [1.29, 1.82) is 0 Å². The summed E-state index contributed by atoms with van der Waals surface area (Å²) in [5.41, 5.74) is 1.31. The maximum atomic E-state index is 4.60. The highest BCUT2D eigenvalue weighted by Crippen LogP contribution is 2.16. The summed E-state index contributed by atoms with van der Waals surface area (Å²) >= 11 is 3.58. The second-order valence-corrected chi connectivity index (χ2v) is 5.50. The van der Waals surface area contributed by atoms with E-state index >= 15 is 0 Å². The smallest absolute Gasteiger partial charge is 0.157 e. The van der Waals surface area contributed by atoms with Gasteiger partial charge >= 0.3 is 0 Å². The van der Waals surface area contributed by atoms with Gasteiger partial charge in [0.15, 0.2) is 5.17 Å². The third-order valence-electron chi connectivity index (χ3n) is 2.51. The number of thioether (sulfide) groups is 1. The topological polar surface area (TPSA) is 24.4 Å². The van der Waals surface area contributed by atoms with Crippen molar-refractivity contribution in [2.45, 2.75) is 32.4 Å². The fourth-order valence-electron chi connectivity index (χ4n) is 1.53. The molecule has 2 heterocycles. The summed E-state index contributed by atoms with van der Waals surface area (Å²) < 4.78 is 0. The van der Waals surface area contributed by atoms with Gasteiger partial charge in [-0.05, 0) is 35.2 Å². The van der Waals surface area contributed by atoms with E-state index < -0.39 is 0 Å². The van der Waals surface area contributed by atoms with Gasteiger partial charge in [-0.3, -0.25) is 4.99 Å². The number of thiophene rings is 1. The number of nitrogens with one attached hydrogen (secondary N) is 1. The number of rotatable bonds is 3. The highest BCUT2D eigenvalue weighted by atomic mass is 32.2. The first-order valence-electron chi connectivity index (χ1n) is 5.33. The Kier molecular flexibility index (Phi) is 4.09. The van der Waals surface area contributed by atoms with Gasteiger partial charge in [-0.2, -0.15) is 11.3 Å². The third kappa shape index (κ3) is 3.24. The van der Waals surface area contributed by atoms with Gasteiger partial charge in [-0.25, -0.2) is 0 Å². The van der Waals surface area contributed by atoms with Crippen LogP contribution in [0.1, 0.15) is 25.3 Å². The van der Waals surface area contributed by atoms with Crippen LogP contribution >= 0.6 is 23.1 Å². The molecule has 0 bridgehead atoms. The summed E-state index contributed by atoms with van der Waals surface area (Å²) in [5.74, 6) is 1.20.